The quantitative estimate of drug-likeness (QED) is 0.297. The zero-order valence-corrected chi connectivity index (χ0v) is 22.6. The number of halogens is 3. The van der Waals surface area contributed by atoms with Gasteiger partial charge in [0.15, 0.2) is 0 Å². The van der Waals surface area contributed by atoms with Crippen LogP contribution in [0.2, 0.25) is 0 Å². The molecular weight excluding hydrogens is 523 g/mol. The number of hydrazine groups is 1. The summed E-state index contributed by atoms with van der Waals surface area (Å²) in [6, 6.07) is 24.5. The number of nitrogens with zero attached hydrogens (tertiary/aromatic N) is 1. The van der Waals surface area contributed by atoms with Crippen molar-refractivity contribution in [3.8, 4) is 11.1 Å². The Morgan fingerprint density at radius 3 is 1.95 bits per heavy atom. The average molecular weight is 558 g/mol. The van der Waals surface area contributed by atoms with Gasteiger partial charge in [0.2, 0.25) is 0 Å². The molecule has 3 aromatic carbocycles. The Bertz CT molecular complexity index is 1230. The molecule has 2 atom stereocenters. The number of carbonyl (C=O) groups is 2. The first-order chi connectivity index (χ1) is 18.8. The van der Waals surface area contributed by atoms with Gasteiger partial charge in [-0.1, -0.05) is 84.9 Å². The van der Waals surface area contributed by atoms with E-state index in [4.69, 9.17) is 4.74 Å². The molecule has 214 valence electrons. The second-order valence-electron chi connectivity index (χ2n) is 10.4. The standard InChI is InChI=1S/C30H34F3N3O4/c1-29(2,3)40-28(39)35-36(19-22-14-16-24(17-15-22)23-12-8-5-9-13-23)20-26(37)25(34-27(38)30(31,32)33)18-21-10-6-4-7-11-21/h4-17,25-26,37H,18-20H2,1-3H3,(H,34,38)(H,35,39)/t25-,26-/m0/s1. The van der Waals surface area contributed by atoms with Gasteiger partial charge in [-0.15, -0.1) is 0 Å². The molecule has 3 rings (SSSR count). The highest BCUT2D eigenvalue weighted by atomic mass is 19.4. The second kappa shape index (κ2) is 13.5. The molecule has 0 spiro atoms. The third kappa shape index (κ3) is 10.0. The monoisotopic (exact) mass is 557 g/mol. The van der Waals surface area contributed by atoms with Crippen LogP contribution in [-0.2, 0) is 22.5 Å². The van der Waals surface area contributed by atoms with E-state index < -0.39 is 35.9 Å². The lowest BCUT2D eigenvalue weighted by Crippen LogP contribution is -2.55. The van der Waals surface area contributed by atoms with Gasteiger partial charge in [-0.05, 0) is 49.4 Å². The maximum Gasteiger partial charge on any atom is 0.471 e. The van der Waals surface area contributed by atoms with E-state index in [9.17, 15) is 27.9 Å². The largest absolute Gasteiger partial charge is 0.471 e. The summed E-state index contributed by atoms with van der Waals surface area (Å²) in [7, 11) is 0. The predicted octanol–water partition coefficient (Wildman–Crippen LogP) is 5.25. The Hall–Kier alpha value is -3.89. The lowest BCUT2D eigenvalue weighted by atomic mass is 10.0. The number of rotatable bonds is 10. The number of carbonyl (C=O) groups excluding carboxylic acids is 2. The van der Waals surface area contributed by atoms with Crippen molar-refractivity contribution in [3.05, 3.63) is 96.1 Å². The first kappa shape index (κ1) is 30.6. The smallest absolute Gasteiger partial charge is 0.443 e. The molecule has 0 saturated carbocycles. The third-order valence-corrected chi connectivity index (χ3v) is 5.83. The van der Waals surface area contributed by atoms with Crippen LogP contribution in [0.5, 0.6) is 0 Å². The second-order valence-corrected chi connectivity index (χ2v) is 10.4. The van der Waals surface area contributed by atoms with Gasteiger partial charge >= 0.3 is 18.2 Å². The summed E-state index contributed by atoms with van der Waals surface area (Å²) in [5, 5.41) is 14.3. The van der Waals surface area contributed by atoms with E-state index >= 15 is 0 Å². The Balaban J connectivity index is 1.81. The molecule has 0 aromatic heterocycles. The van der Waals surface area contributed by atoms with E-state index in [0.29, 0.717) is 5.56 Å². The van der Waals surface area contributed by atoms with Crippen molar-refractivity contribution in [1.82, 2.24) is 15.8 Å². The van der Waals surface area contributed by atoms with E-state index in [0.717, 1.165) is 16.7 Å². The Morgan fingerprint density at radius 1 is 0.850 bits per heavy atom. The van der Waals surface area contributed by atoms with Gasteiger partial charge in [-0.2, -0.15) is 13.2 Å². The number of alkyl halides is 3. The minimum Gasteiger partial charge on any atom is -0.443 e. The summed E-state index contributed by atoms with van der Waals surface area (Å²) in [6.07, 6.45) is -7.45. The van der Waals surface area contributed by atoms with Crippen LogP contribution in [0.4, 0.5) is 18.0 Å². The number of amides is 2. The number of hydrogen-bond donors (Lipinski definition) is 3. The molecule has 7 nitrogen and oxygen atoms in total. The van der Waals surface area contributed by atoms with Crippen LogP contribution in [0.15, 0.2) is 84.9 Å². The van der Waals surface area contributed by atoms with Crippen molar-refractivity contribution in [2.45, 2.75) is 57.7 Å². The van der Waals surface area contributed by atoms with Gasteiger partial charge in [0.25, 0.3) is 0 Å². The molecule has 0 aliphatic carbocycles. The van der Waals surface area contributed by atoms with Gasteiger partial charge in [0.1, 0.15) is 5.60 Å². The molecule has 2 amide bonds. The van der Waals surface area contributed by atoms with Gasteiger partial charge in [-0.25, -0.2) is 9.80 Å². The molecule has 40 heavy (non-hydrogen) atoms. The topological polar surface area (TPSA) is 90.9 Å². The summed E-state index contributed by atoms with van der Waals surface area (Å²) >= 11 is 0. The minimum atomic E-state index is -5.12. The first-order valence-corrected chi connectivity index (χ1v) is 12.8. The highest BCUT2D eigenvalue weighted by molar-refractivity contribution is 5.82. The molecule has 3 N–H and O–H groups in total. The van der Waals surface area contributed by atoms with E-state index in [2.05, 4.69) is 5.43 Å². The normalized spacial score (nSPS) is 13.4. The van der Waals surface area contributed by atoms with Crippen molar-refractivity contribution in [2.24, 2.45) is 0 Å². The zero-order valence-electron chi connectivity index (χ0n) is 22.6. The van der Waals surface area contributed by atoms with E-state index in [1.807, 2.05) is 59.9 Å². The fraction of sp³-hybridized carbons (Fsp3) is 0.333. The molecule has 3 aromatic rings. The minimum absolute atomic E-state index is 0.0596. The molecule has 0 bridgehead atoms. The van der Waals surface area contributed by atoms with E-state index in [-0.39, 0.29) is 19.5 Å². The molecule has 0 unspecified atom stereocenters. The molecule has 0 saturated heterocycles. The number of ether oxygens (including phenoxy) is 1. The summed E-state index contributed by atoms with van der Waals surface area (Å²) in [6.45, 7) is 4.88. The lowest BCUT2D eigenvalue weighted by molar-refractivity contribution is -0.175. The van der Waals surface area contributed by atoms with Crippen LogP contribution in [0, 0.1) is 0 Å². The van der Waals surface area contributed by atoms with E-state index in [1.54, 1.807) is 51.1 Å². The van der Waals surface area contributed by atoms with Crippen molar-refractivity contribution < 1.29 is 32.6 Å². The molecule has 0 radical (unpaired) electrons. The molecule has 0 aliphatic heterocycles. The summed E-state index contributed by atoms with van der Waals surface area (Å²) in [5.74, 6) is -2.16. The van der Waals surface area contributed by atoms with Crippen LogP contribution in [0.3, 0.4) is 0 Å². The van der Waals surface area contributed by atoms with Crippen LogP contribution in [0.1, 0.15) is 31.9 Å². The summed E-state index contributed by atoms with van der Waals surface area (Å²) < 4.78 is 44.5. The van der Waals surface area contributed by atoms with Gasteiger partial charge in [0.05, 0.1) is 12.1 Å². The highest BCUT2D eigenvalue weighted by Gasteiger charge is 2.41. The maximum absolute atomic E-state index is 13.1. The number of nitrogens with one attached hydrogen (secondary N) is 2. The lowest BCUT2D eigenvalue weighted by Gasteiger charge is -2.31. The third-order valence-electron chi connectivity index (χ3n) is 5.83. The molecule has 10 heteroatoms. The van der Waals surface area contributed by atoms with Crippen molar-refractivity contribution in [1.29, 1.82) is 0 Å². The predicted molar refractivity (Wildman–Crippen MR) is 146 cm³/mol. The summed E-state index contributed by atoms with van der Waals surface area (Å²) in [5.41, 5.74) is 5.17. The number of aliphatic hydroxyl groups is 1. The van der Waals surface area contributed by atoms with Crippen molar-refractivity contribution >= 4 is 12.0 Å². The van der Waals surface area contributed by atoms with Crippen LogP contribution >= 0.6 is 0 Å². The SMILES string of the molecule is CC(C)(C)OC(=O)NN(Cc1ccc(-c2ccccc2)cc1)C[C@H](O)[C@H](Cc1ccccc1)NC(=O)C(F)(F)F. The first-order valence-electron chi connectivity index (χ1n) is 12.8. The fourth-order valence-corrected chi connectivity index (χ4v) is 3.99. The Morgan fingerprint density at radius 2 is 1.40 bits per heavy atom. The van der Waals surface area contributed by atoms with Crippen LogP contribution in [-0.4, -0.2) is 52.6 Å². The number of benzene rings is 3. The van der Waals surface area contributed by atoms with Gasteiger partial charge < -0.3 is 15.2 Å². The molecule has 0 heterocycles. The zero-order chi connectivity index (χ0) is 29.3. The molecule has 0 fully saturated rings. The summed E-state index contributed by atoms with van der Waals surface area (Å²) in [4.78, 5) is 24.4. The Labute approximate surface area is 231 Å². The highest BCUT2D eigenvalue weighted by Crippen LogP contribution is 2.21. The molecule has 0 aliphatic rings. The van der Waals surface area contributed by atoms with Crippen molar-refractivity contribution in [2.75, 3.05) is 6.54 Å². The number of aliphatic hydroxyl groups excluding tert-OH is 1. The van der Waals surface area contributed by atoms with Gasteiger partial charge in [-0.3, -0.25) is 10.2 Å². The van der Waals surface area contributed by atoms with E-state index in [1.165, 1.54) is 5.01 Å². The molecular formula is C30H34F3N3O4. The van der Waals surface area contributed by atoms with Gasteiger partial charge in [0, 0.05) is 13.1 Å². The van der Waals surface area contributed by atoms with Crippen LogP contribution < -0.4 is 10.7 Å². The van der Waals surface area contributed by atoms with Crippen molar-refractivity contribution in [3.63, 3.8) is 0 Å². The Kier molecular flexibility index (Phi) is 10.3. The maximum atomic E-state index is 13.1. The average Bonchev–Trinajstić information content (AvgIpc) is 2.88. The number of hydrogen-bond acceptors (Lipinski definition) is 5. The van der Waals surface area contributed by atoms with Crippen LogP contribution in [0.25, 0.3) is 11.1 Å². The fourth-order valence-electron chi connectivity index (χ4n) is 3.99.